The van der Waals surface area contributed by atoms with Crippen molar-refractivity contribution in [2.75, 3.05) is 6.61 Å². The Kier molecular flexibility index (Phi) is 11.0. The van der Waals surface area contributed by atoms with Gasteiger partial charge in [0.1, 0.15) is 0 Å². The molecule has 0 aromatic heterocycles. The van der Waals surface area contributed by atoms with Crippen LogP contribution in [0.3, 0.4) is 0 Å². The number of halogens is 1. The molecule has 0 saturated heterocycles. The van der Waals surface area contributed by atoms with Crippen LogP contribution in [0.25, 0.3) is 0 Å². The summed E-state index contributed by atoms with van der Waals surface area (Å²) < 4.78 is 19.1. The zero-order valence-electron chi connectivity index (χ0n) is 14.6. The Balaban J connectivity index is 1.95. The Morgan fingerprint density at radius 2 is 1.48 bits per heavy atom. The van der Waals surface area contributed by atoms with E-state index in [2.05, 4.69) is 12.8 Å². The Bertz CT molecular complexity index is 461. The minimum atomic E-state index is -0.372. The zero-order chi connectivity index (χ0) is 16.8. The number of rotatable bonds is 13. The largest absolute Gasteiger partial charge is 0.491 e. The average Bonchev–Trinajstić information content (AvgIpc) is 2.57. The summed E-state index contributed by atoms with van der Waals surface area (Å²) in [4.78, 5) is 0. The van der Waals surface area contributed by atoms with Gasteiger partial charge in [-0.25, -0.2) is 4.39 Å². The molecule has 1 nitrogen and oxygen atoms in total. The van der Waals surface area contributed by atoms with Gasteiger partial charge in [-0.1, -0.05) is 77.1 Å². The third kappa shape index (κ3) is 9.29. The van der Waals surface area contributed by atoms with E-state index in [9.17, 15) is 4.39 Å². The molecule has 0 fully saturated rings. The maximum Gasteiger partial charge on any atom is 0.166 e. The summed E-state index contributed by atoms with van der Waals surface area (Å²) in [6.07, 6.45) is 19.5. The first-order valence-corrected chi connectivity index (χ1v) is 9.17. The second-order valence-electron chi connectivity index (χ2n) is 6.17. The number of ether oxygens (including phenoxy) is 1. The fourth-order valence-corrected chi connectivity index (χ4v) is 2.66. The number of benzene rings is 1. The lowest BCUT2D eigenvalue weighted by atomic mass is 10.1. The van der Waals surface area contributed by atoms with Crippen molar-refractivity contribution >= 4 is 0 Å². The van der Waals surface area contributed by atoms with E-state index in [0.29, 0.717) is 17.9 Å². The highest BCUT2D eigenvalue weighted by Gasteiger charge is 2.03. The minimum Gasteiger partial charge on any atom is -0.491 e. The van der Waals surface area contributed by atoms with Crippen LogP contribution in [-0.4, -0.2) is 6.61 Å². The number of hydrogen-bond acceptors (Lipinski definition) is 1. The molecular weight excluding hydrogens is 287 g/mol. The molecule has 1 rings (SSSR count). The van der Waals surface area contributed by atoms with E-state index in [1.165, 1.54) is 63.9 Å². The van der Waals surface area contributed by atoms with Gasteiger partial charge in [0, 0.05) is 5.56 Å². The highest BCUT2D eigenvalue weighted by atomic mass is 19.1. The fraction of sp³-hybridized carbons (Fsp3) is 0.619. The molecule has 0 bridgehead atoms. The van der Waals surface area contributed by atoms with Gasteiger partial charge in [-0.05, 0) is 24.6 Å². The SMILES string of the molecule is C#Cc1ccc(OCCCCCCCCCCCCC)c(F)c1. The molecular formula is C21H31FO. The third-order valence-electron chi connectivity index (χ3n) is 4.10. The smallest absolute Gasteiger partial charge is 0.166 e. The van der Waals surface area contributed by atoms with Crippen molar-refractivity contribution in [3.8, 4) is 18.1 Å². The van der Waals surface area contributed by atoms with Crippen LogP contribution >= 0.6 is 0 Å². The zero-order valence-corrected chi connectivity index (χ0v) is 14.6. The van der Waals surface area contributed by atoms with Gasteiger partial charge < -0.3 is 4.74 Å². The van der Waals surface area contributed by atoms with E-state index in [1.54, 1.807) is 12.1 Å². The van der Waals surface area contributed by atoms with Gasteiger partial charge in [-0.3, -0.25) is 0 Å². The van der Waals surface area contributed by atoms with Crippen LogP contribution in [0.4, 0.5) is 4.39 Å². The summed E-state index contributed by atoms with van der Waals surface area (Å²) in [7, 11) is 0. The van der Waals surface area contributed by atoms with Crippen LogP contribution < -0.4 is 4.74 Å². The van der Waals surface area contributed by atoms with Crippen LogP contribution in [0.2, 0.25) is 0 Å². The van der Waals surface area contributed by atoms with Crippen LogP contribution in [0.15, 0.2) is 18.2 Å². The van der Waals surface area contributed by atoms with Crippen molar-refractivity contribution in [3.05, 3.63) is 29.6 Å². The maximum atomic E-state index is 13.6. The monoisotopic (exact) mass is 318 g/mol. The fourth-order valence-electron chi connectivity index (χ4n) is 2.66. The van der Waals surface area contributed by atoms with E-state index < -0.39 is 0 Å². The molecule has 0 aliphatic heterocycles. The molecule has 128 valence electrons. The van der Waals surface area contributed by atoms with E-state index in [-0.39, 0.29) is 5.82 Å². The van der Waals surface area contributed by atoms with Gasteiger partial charge in [0.2, 0.25) is 0 Å². The molecule has 0 aliphatic rings. The number of terminal acetylenes is 1. The molecule has 1 aromatic rings. The highest BCUT2D eigenvalue weighted by Crippen LogP contribution is 2.18. The molecule has 0 aliphatic carbocycles. The summed E-state index contributed by atoms with van der Waals surface area (Å²) in [5, 5.41) is 0. The standard InChI is InChI=1S/C21H31FO/c1-3-5-6-7-8-9-10-11-12-13-14-17-23-21-16-15-19(4-2)18-20(21)22/h2,15-16,18H,3,5-14,17H2,1H3. The van der Waals surface area contributed by atoms with Crippen LogP contribution in [-0.2, 0) is 0 Å². The van der Waals surface area contributed by atoms with Crippen molar-refractivity contribution in [2.45, 2.75) is 77.6 Å². The van der Waals surface area contributed by atoms with Crippen LogP contribution in [0.1, 0.15) is 83.1 Å². The molecule has 0 N–H and O–H groups in total. The number of hydrogen-bond donors (Lipinski definition) is 0. The summed E-state index contributed by atoms with van der Waals surface area (Å²) >= 11 is 0. The lowest BCUT2D eigenvalue weighted by Gasteiger charge is -2.07. The summed E-state index contributed by atoms with van der Waals surface area (Å²) in [6.45, 7) is 2.83. The first-order valence-electron chi connectivity index (χ1n) is 9.17. The maximum absolute atomic E-state index is 13.6. The third-order valence-corrected chi connectivity index (χ3v) is 4.10. The van der Waals surface area contributed by atoms with Crippen LogP contribution in [0, 0.1) is 18.2 Å². The normalized spacial score (nSPS) is 10.5. The first-order chi connectivity index (χ1) is 11.3. The van der Waals surface area contributed by atoms with Crippen LogP contribution in [0.5, 0.6) is 5.75 Å². The van der Waals surface area contributed by atoms with Crippen molar-refractivity contribution < 1.29 is 9.13 Å². The Labute approximate surface area is 141 Å². The molecule has 0 atom stereocenters. The molecule has 0 radical (unpaired) electrons. The predicted octanol–water partition coefficient (Wildman–Crippen LogP) is 6.50. The Hall–Kier alpha value is -1.49. The van der Waals surface area contributed by atoms with Crippen molar-refractivity contribution in [1.82, 2.24) is 0 Å². The molecule has 23 heavy (non-hydrogen) atoms. The molecule has 1 aromatic carbocycles. The van der Waals surface area contributed by atoms with E-state index in [1.807, 2.05) is 0 Å². The van der Waals surface area contributed by atoms with E-state index in [4.69, 9.17) is 11.2 Å². The molecule has 0 unspecified atom stereocenters. The number of unbranched alkanes of at least 4 members (excludes halogenated alkanes) is 10. The minimum absolute atomic E-state index is 0.302. The Morgan fingerprint density at radius 3 is 2.00 bits per heavy atom. The topological polar surface area (TPSA) is 9.23 Å². The van der Waals surface area contributed by atoms with Gasteiger partial charge in [0.05, 0.1) is 6.61 Å². The van der Waals surface area contributed by atoms with Gasteiger partial charge in [0.15, 0.2) is 11.6 Å². The lowest BCUT2D eigenvalue weighted by Crippen LogP contribution is -1.99. The van der Waals surface area contributed by atoms with E-state index >= 15 is 0 Å². The molecule has 0 amide bonds. The second-order valence-corrected chi connectivity index (χ2v) is 6.17. The lowest BCUT2D eigenvalue weighted by molar-refractivity contribution is 0.290. The first kappa shape index (κ1) is 19.6. The van der Waals surface area contributed by atoms with Crippen molar-refractivity contribution in [1.29, 1.82) is 0 Å². The van der Waals surface area contributed by atoms with Gasteiger partial charge >= 0.3 is 0 Å². The predicted molar refractivity (Wildman–Crippen MR) is 96.3 cm³/mol. The van der Waals surface area contributed by atoms with Gasteiger partial charge in [-0.15, -0.1) is 6.42 Å². The van der Waals surface area contributed by atoms with Gasteiger partial charge in [0.25, 0.3) is 0 Å². The molecule has 0 saturated carbocycles. The molecule has 2 heteroatoms. The Morgan fingerprint density at radius 1 is 0.913 bits per heavy atom. The quantitative estimate of drug-likeness (QED) is 0.298. The van der Waals surface area contributed by atoms with E-state index in [0.717, 1.165) is 12.8 Å². The van der Waals surface area contributed by atoms with Crippen molar-refractivity contribution in [2.24, 2.45) is 0 Å². The molecule has 0 heterocycles. The summed E-state index contributed by atoms with van der Waals surface area (Å²) in [5.41, 5.74) is 0.546. The molecule has 0 spiro atoms. The summed E-state index contributed by atoms with van der Waals surface area (Å²) in [5.74, 6) is 2.34. The highest BCUT2D eigenvalue weighted by molar-refractivity contribution is 5.37. The van der Waals surface area contributed by atoms with Crippen molar-refractivity contribution in [3.63, 3.8) is 0 Å². The van der Waals surface area contributed by atoms with Gasteiger partial charge in [-0.2, -0.15) is 0 Å². The summed E-state index contributed by atoms with van der Waals surface area (Å²) in [6, 6.07) is 4.66. The average molecular weight is 318 g/mol. The second kappa shape index (κ2) is 13.0.